The van der Waals surface area contributed by atoms with Crippen LogP contribution in [0.15, 0.2) is 53.0 Å². The largest absolute Gasteiger partial charge is 0.482 e. The van der Waals surface area contributed by atoms with Gasteiger partial charge in [0.15, 0.2) is 6.61 Å². The van der Waals surface area contributed by atoms with E-state index in [1.807, 2.05) is 43.3 Å². The van der Waals surface area contributed by atoms with Gasteiger partial charge in [-0.05, 0) is 49.4 Å². The first-order valence-corrected chi connectivity index (χ1v) is 12.9. The van der Waals surface area contributed by atoms with Crippen LogP contribution in [0, 0.1) is 0 Å². The summed E-state index contributed by atoms with van der Waals surface area (Å²) in [4.78, 5) is 28.1. The van der Waals surface area contributed by atoms with Crippen molar-refractivity contribution >= 4 is 39.3 Å². The summed E-state index contributed by atoms with van der Waals surface area (Å²) < 4.78 is 6.57. The number of rotatable bonds is 10. The normalized spacial score (nSPS) is 15.0. The van der Waals surface area contributed by atoms with Gasteiger partial charge in [0.2, 0.25) is 5.91 Å². The molecule has 0 saturated heterocycles. The average molecular weight is 536 g/mol. The number of halogens is 2. The van der Waals surface area contributed by atoms with Crippen molar-refractivity contribution in [1.82, 2.24) is 10.2 Å². The lowest BCUT2D eigenvalue weighted by molar-refractivity contribution is -0.142. The molecule has 1 fully saturated rings. The summed E-state index contributed by atoms with van der Waals surface area (Å²) in [7, 11) is 0. The lowest BCUT2D eigenvalue weighted by Gasteiger charge is -2.32. The Hall–Kier alpha value is -2.05. The highest BCUT2D eigenvalue weighted by atomic mass is 79.9. The Labute approximate surface area is 210 Å². The summed E-state index contributed by atoms with van der Waals surface area (Å²) in [6.45, 7) is 2.21. The minimum absolute atomic E-state index is 0.0764. The lowest BCUT2D eigenvalue weighted by Crippen LogP contribution is -2.53. The summed E-state index contributed by atoms with van der Waals surface area (Å²) >= 11 is 9.61. The third kappa shape index (κ3) is 7.75. The molecule has 0 aromatic heterocycles. The number of hydrogen-bond donors (Lipinski definition) is 1. The molecule has 0 spiro atoms. The summed E-state index contributed by atoms with van der Waals surface area (Å²) in [5.74, 6) is 0.138. The number of benzene rings is 2. The molecule has 0 heterocycles. The molecule has 2 aromatic carbocycles. The number of carbonyl (C=O) groups excluding carboxylic acids is 2. The van der Waals surface area contributed by atoms with Crippen LogP contribution in [0.1, 0.15) is 51.0 Å². The van der Waals surface area contributed by atoms with Crippen molar-refractivity contribution in [2.75, 3.05) is 13.2 Å². The molecule has 0 aliphatic heterocycles. The standard InChI is InChI=1S/C26H32BrClN2O3/c1-2-23(26(32)29-21-11-7-4-8-12-21)30(16-15-19-9-5-3-6-10-19)25(31)18-33-24-14-13-20(27)17-22(24)28/h3,5-6,9-10,13-14,17,21,23H,2,4,7-8,11-12,15-16,18H2,1H3,(H,29,32)/t23-/m0/s1. The second-order valence-corrected chi connectivity index (χ2v) is 9.78. The van der Waals surface area contributed by atoms with Gasteiger partial charge < -0.3 is 15.0 Å². The summed E-state index contributed by atoms with van der Waals surface area (Å²) in [5.41, 5.74) is 1.12. The van der Waals surface area contributed by atoms with Gasteiger partial charge in [0.05, 0.1) is 5.02 Å². The Morgan fingerprint density at radius 2 is 1.88 bits per heavy atom. The number of ether oxygens (including phenoxy) is 1. The highest BCUT2D eigenvalue weighted by Crippen LogP contribution is 2.28. The first kappa shape index (κ1) is 25.6. The summed E-state index contributed by atoms with van der Waals surface area (Å²) in [5, 5.41) is 3.62. The molecule has 5 nitrogen and oxygen atoms in total. The Balaban J connectivity index is 1.71. The van der Waals surface area contributed by atoms with Gasteiger partial charge in [-0.15, -0.1) is 0 Å². The zero-order valence-electron chi connectivity index (χ0n) is 19.1. The molecule has 0 bridgehead atoms. The summed E-state index contributed by atoms with van der Waals surface area (Å²) in [6.07, 6.45) is 6.72. The Kier molecular flexibility index (Phi) is 10.1. The molecule has 1 aliphatic carbocycles. The molecule has 1 saturated carbocycles. The zero-order chi connectivity index (χ0) is 23.6. The maximum Gasteiger partial charge on any atom is 0.261 e. The van der Waals surface area contributed by atoms with E-state index < -0.39 is 6.04 Å². The zero-order valence-corrected chi connectivity index (χ0v) is 21.4. The van der Waals surface area contributed by atoms with E-state index in [0.717, 1.165) is 35.7 Å². The molecule has 2 amide bonds. The molecule has 7 heteroatoms. The molecule has 1 N–H and O–H groups in total. The first-order chi connectivity index (χ1) is 16.0. The van der Waals surface area contributed by atoms with Crippen LogP contribution in [0.2, 0.25) is 5.02 Å². The van der Waals surface area contributed by atoms with Gasteiger partial charge in [-0.3, -0.25) is 9.59 Å². The Morgan fingerprint density at radius 3 is 2.55 bits per heavy atom. The number of carbonyl (C=O) groups is 2. The molecular weight excluding hydrogens is 504 g/mol. The van der Waals surface area contributed by atoms with Gasteiger partial charge in [-0.25, -0.2) is 0 Å². The van der Waals surface area contributed by atoms with Gasteiger partial charge in [-0.1, -0.05) is 84.0 Å². The van der Waals surface area contributed by atoms with E-state index >= 15 is 0 Å². The van der Waals surface area contributed by atoms with Crippen LogP contribution in [0.25, 0.3) is 0 Å². The average Bonchev–Trinajstić information content (AvgIpc) is 2.82. The van der Waals surface area contributed by atoms with Gasteiger partial charge >= 0.3 is 0 Å². The van der Waals surface area contributed by atoms with E-state index in [9.17, 15) is 9.59 Å². The van der Waals surface area contributed by atoms with Crippen LogP contribution in [-0.2, 0) is 16.0 Å². The van der Waals surface area contributed by atoms with Crippen LogP contribution >= 0.6 is 27.5 Å². The minimum Gasteiger partial charge on any atom is -0.482 e. The van der Waals surface area contributed by atoms with Crippen LogP contribution in [0.4, 0.5) is 0 Å². The number of hydrogen-bond acceptors (Lipinski definition) is 3. The molecule has 3 rings (SSSR count). The smallest absolute Gasteiger partial charge is 0.261 e. The predicted molar refractivity (Wildman–Crippen MR) is 136 cm³/mol. The quantitative estimate of drug-likeness (QED) is 0.419. The third-order valence-electron chi connectivity index (χ3n) is 6.07. The van der Waals surface area contributed by atoms with Crippen molar-refractivity contribution in [1.29, 1.82) is 0 Å². The van der Waals surface area contributed by atoms with E-state index in [2.05, 4.69) is 21.2 Å². The number of nitrogens with one attached hydrogen (secondary N) is 1. The lowest BCUT2D eigenvalue weighted by atomic mass is 9.95. The highest BCUT2D eigenvalue weighted by molar-refractivity contribution is 9.10. The second kappa shape index (κ2) is 13.0. The first-order valence-electron chi connectivity index (χ1n) is 11.7. The molecule has 0 radical (unpaired) electrons. The van der Waals surface area contributed by atoms with E-state index in [4.69, 9.17) is 16.3 Å². The van der Waals surface area contributed by atoms with Crippen molar-refractivity contribution in [3.63, 3.8) is 0 Å². The fourth-order valence-electron chi connectivity index (χ4n) is 4.25. The SMILES string of the molecule is CC[C@@H](C(=O)NC1CCCCC1)N(CCc1ccccc1)C(=O)COc1ccc(Br)cc1Cl. The molecular formula is C26H32BrClN2O3. The second-order valence-electron chi connectivity index (χ2n) is 8.45. The predicted octanol–water partition coefficient (Wildman–Crippen LogP) is 5.78. The van der Waals surface area contributed by atoms with E-state index in [0.29, 0.717) is 30.2 Å². The maximum absolute atomic E-state index is 13.3. The number of amides is 2. The van der Waals surface area contributed by atoms with Crippen molar-refractivity contribution in [2.24, 2.45) is 0 Å². The minimum atomic E-state index is -0.535. The van der Waals surface area contributed by atoms with Crippen molar-refractivity contribution in [3.05, 3.63) is 63.6 Å². The van der Waals surface area contributed by atoms with Gasteiger partial charge in [0.25, 0.3) is 5.91 Å². The van der Waals surface area contributed by atoms with Gasteiger partial charge in [0, 0.05) is 17.1 Å². The maximum atomic E-state index is 13.3. The fourth-order valence-corrected chi connectivity index (χ4v) is 4.98. The van der Waals surface area contributed by atoms with Gasteiger partial charge in [0.1, 0.15) is 11.8 Å². The monoisotopic (exact) mass is 534 g/mol. The van der Waals surface area contributed by atoms with E-state index in [-0.39, 0.29) is 24.5 Å². The molecule has 1 atom stereocenters. The molecule has 0 unspecified atom stereocenters. The van der Waals surface area contributed by atoms with Crippen molar-refractivity contribution in [3.8, 4) is 5.75 Å². The van der Waals surface area contributed by atoms with Crippen molar-refractivity contribution < 1.29 is 14.3 Å². The topological polar surface area (TPSA) is 58.6 Å². The highest BCUT2D eigenvalue weighted by Gasteiger charge is 2.30. The van der Waals surface area contributed by atoms with E-state index in [1.165, 1.54) is 6.42 Å². The Bertz CT molecular complexity index is 919. The van der Waals surface area contributed by atoms with E-state index in [1.54, 1.807) is 17.0 Å². The van der Waals surface area contributed by atoms with Crippen LogP contribution in [0.3, 0.4) is 0 Å². The molecule has 2 aromatic rings. The molecule has 33 heavy (non-hydrogen) atoms. The van der Waals surface area contributed by atoms with Crippen LogP contribution < -0.4 is 10.1 Å². The summed E-state index contributed by atoms with van der Waals surface area (Å²) in [6, 6.07) is 14.9. The Morgan fingerprint density at radius 1 is 1.15 bits per heavy atom. The number of nitrogens with zero attached hydrogens (tertiary/aromatic N) is 1. The third-order valence-corrected chi connectivity index (χ3v) is 6.86. The van der Waals surface area contributed by atoms with Gasteiger partial charge in [-0.2, -0.15) is 0 Å². The molecule has 1 aliphatic rings. The van der Waals surface area contributed by atoms with Crippen LogP contribution in [-0.4, -0.2) is 41.9 Å². The fraction of sp³-hybridized carbons (Fsp3) is 0.462. The molecule has 178 valence electrons. The van der Waals surface area contributed by atoms with Crippen molar-refractivity contribution in [2.45, 2.75) is 64.0 Å². The van der Waals surface area contributed by atoms with Crippen LogP contribution in [0.5, 0.6) is 5.75 Å².